The number of rotatable bonds is 59. The van der Waals surface area contributed by atoms with Gasteiger partial charge in [-0.2, -0.15) is 0 Å². The summed E-state index contributed by atoms with van der Waals surface area (Å²) in [7, 11) is 1.26. The van der Waals surface area contributed by atoms with Crippen LogP contribution in [0.3, 0.4) is 0 Å². The molecule has 0 aromatic heterocycles. The number of nitrogens with one attached hydrogen (secondary N) is 1. The quantitative estimate of drug-likeness (QED) is 0.0272. The minimum absolute atomic E-state index is 0.00396. The summed E-state index contributed by atoms with van der Waals surface area (Å²) >= 11 is 0. The van der Waals surface area contributed by atoms with Gasteiger partial charge in [0.05, 0.1) is 39.9 Å². The highest BCUT2D eigenvalue weighted by molar-refractivity contribution is 7.45. The van der Waals surface area contributed by atoms with Crippen molar-refractivity contribution in [1.82, 2.24) is 5.32 Å². The van der Waals surface area contributed by atoms with Gasteiger partial charge in [-0.15, -0.1) is 0 Å². The lowest BCUT2D eigenvalue weighted by atomic mass is 10.0. The number of aliphatic hydroxyl groups excluding tert-OH is 1. The minimum Gasteiger partial charge on any atom is -0.756 e. The number of allylic oxidation sites excluding steroid dienone is 3. The molecule has 0 aliphatic carbocycles. The van der Waals surface area contributed by atoms with Crippen LogP contribution in [0.5, 0.6) is 0 Å². The summed E-state index contributed by atoms with van der Waals surface area (Å²) in [5, 5.41) is 13.8. The fourth-order valence-electron chi connectivity index (χ4n) is 9.70. The second-order valence-electron chi connectivity index (χ2n) is 23.1. The van der Waals surface area contributed by atoms with E-state index in [1.807, 2.05) is 27.2 Å². The van der Waals surface area contributed by atoms with Gasteiger partial charge in [0.25, 0.3) is 7.82 Å². The first-order valence-corrected chi connectivity index (χ1v) is 33.2. The van der Waals surface area contributed by atoms with Gasteiger partial charge in [0.15, 0.2) is 0 Å². The zero-order chi connectivity index (χ0) is 52.7. The number of likely N-dealkylation sites (N-methyl/N-ethyl adjacent to an activating group) is 1. The molecule has 2 N–H and O–H groups in total. The predicted octanol–water partition coefficient (Wildman–Crippen LogP) is 18.9. The average molecular weight is 1040 g/mol. The van der Waals surface area contributed by atoms with Crippen LogP contribution in [0.25, 0.3) is 0 Å². The van der Waals surface area contributed by atoms with E-state index < -0.39 is 20.0 Å². The van der Waals surface area contributed by atoms with Gasteiger partial charge in [-0.05, 0) is 32.1 Å². The van der Waals surface area contributed by atoms with Gasteiger partial charge in [-0.1, -0.05) is 308 Å². The van der Waals surface area contributed by atoms with Crippen molar-refractivity contribution in [3.8, 4) is 0 Å². The molecule has 1 amide bonds. The van der Waals surface area contributed by atoms with Crippen LogP contribution in [-0.4, -0.2) is 68.5 Å². The van der Waals surface area contributed by atoms with E-state index in [4.69, 9.17) is 9.05 Å². The monoisotopic (exact) mass is 1040 g/mol. The Bertz CT molecular complexity index is 1220. The van der Waals surface area contributed by atoms with Gasteiger partial charge in [0, 0.05) is 6.42 Å². The Kier molecular flexibility index (Phi) is 54.0. The highest BCUT2D eigenvalue weighted by Gasteiger charge is 2.23. The number of phosphoric ester groups is 1. The normalized spacial score (nSPS) is 13.9. The first-order valence-electron chi connectivity index (χ1n) is 31.7. The van der Waals surface area contributed by atoms with E-state index in [1.165, 1.54) is 263 Å². The molecule has 0 aromatic rings. The largest absolute Gasteiger partial charge is 0.756 e. The van der Waals surface area contributed by atoms with Crippen LogP contribution in [0.2, 0.25) is 0 Å². The van der Waals surface area contributed by atoms with Crippen LogP contribution in [0, 0.1) is 0 Å². The lowest BCUT2D eigenvalue weighted by Gasteiger charge is -2.29. The van der Waals surface area contributed by atoms with Gasteiger partial charge in [0.2, 0.25) is 5.91 Å². The maximum absolute atomic E-state index is 12.9. The Labute approximate surface area is 449 Å². The molecule has 0 saturated carbocycles. The van der Waals surface area contributed by atoms with E-state index >= 15 is 0 Å². The van der Waals surface area contributed by atoms with Crippen molar-refractivity contribution >= 4 is 13.7 Å². The van der Waals surface area contributed by atoms with Crippen LogP contribution in [-0.2, 0) is 18.4 Å². The molecule has 3 unspecified atom stereocenters. The number of hydrogen-bond donors (Lipinski definition) is 2. The number of carbonyl (C=O) groups is 1. The second-order valence-corrected chi connectivity index (χ2v) is 24.5. The third-order valence-corrected chi connectivity index (χ3v) is 15.6. The van der Waals surface area contributed by atoms with E-state index in [-0.39, 0.29) is 19.1 Å². The van der Waals surface area contributed by atoms with Crippen LogP contribution < -0.4 is 10.2 Å². The highest BCUT2D eigenvalue weighted by Crippen LogP contribution is 2.38. The van der Waals surface area contributed by atoms with Crippen molar-refractivity contribution in [2.45, 2.75) is 334 Å². The molecule has 0 aromatic carbocycles. The molecule has 0 rings (SSSR count). The lowest BCUT2D eigenvalue weighted by Crippen LogP contribution is -2.45. The summed E-state index contributed by atoms with van der Waals surface area (Å²) in [5.41, 5.74) is 0. The first-order chi connectivity index (χ1) is 35.0. The second kappa shape index (κ2) is 54.8. The highest BCUT2D eigenvalue weighted by atomic mass is 31.2. The Morgan fingerprint density at radius 2 is 0.778 bits per heavy atom. The fourth-order valence-corrected chi connectivity index (χ4v) is 10.4. The maximum atomic E-state index is 12.9. The molecule has 428 valence electrons. The van der Waals surface area contributed by atoms with Gasteiger partial charge < -0.3 is 28.8 Å². The molecule has 9 heteroatoms. The Morgan fingerprint density at radius 3 is 1.12 bits per heavy atom. The summed E-state index contributed by atoms with van der Waals surface area (Å²) in [6.07, 6.45) is 70.2. The molecular weight excluding hydrogens is 912 g/mol. The number of hydrogen-bond acceptors (Lipinski definition) is 6. The standard InChI is InChI=1S/C63H125N2O6P/c1-6-8-10-12-14-16-18-20-21-22-23-24-25-26-27-28-29-30-31-32-33-34-35-36-37-38-39-40-41-42-43-45-47-49-51-53-55-57-63(67)64-61(60-71-72(68,69)70-59-58-65(3,4)5)62(66)56-54-52-50-48-46-44-19-17-15-13-11-9-7-2/h46,48,54,56,61-62,66H,6-45,47,49-53,55,57-60H2,1-5H3,(H-,64,67,68,69)/b48-46+,56-54+. The smallest absolute Gasteiger partial charge is 0.268 e. The number of aliphatic hydroxyl groups is 1. The van der Waals surface area contributed by atoms with Gasteiger partial charge >= 0.3 is 0 Å². The molecule has 0 heterocycles. The van der Waals surface area contributed by atoms with Gasteiger partial charge in [-0.3, -0.25) is 9.36 Å². The van der Waals surface area contributed by atoms with Crippen molar-refractivity contribution in [1.29, 1.82) is 0 Å². The number of carbonyl (C=O) groups excluding carboxylic acids is 1. The third kappa shape index (κ3) is 56.7. The molecule has 0 fully saturated rings. The fraction of sp³-hybridized carbons (Fsp3) is 0.921. The SMILES string of the molecule is CCCCCCCCC/C=C/CC/C=C/C(O)C(COP(=O)([O-])OCC[N+](C)(C)C)NC(=O)CCCCCCCCCCCCCCCCCCCCCCCCCCCCCCCCCCCCCCC. The number of unbranched alkanes of at least 4 members (excludes halogenated alkanes) is 44. The first kappa shape index (κ1) is 71.0. The third-order valence-electron chi connectivity index (χ3n) is 14.7. The van der Waals surface area contributed by atoms with Crippen LogP contribution >= 0.6 is 7.82 Å². The van der Waals surface area contributed by atoms with Crippen molar-refractivity contribution in [3.05, 3.63) is 24.3 Å². The van der Waals surface area contributed by atoms with E-state index in [1.54, 1.807) is 6.08 Å². The zero-order valence-electron chi connectivity index (χ0n) is 48.9. The molecule has 0 aliphatic rings. The zero-order valence-corrected chi connectivity index (χ0v) is 49.8. The Hall–Kier alpha value is -1.02. The Balaban J connectivity index is 3.88. The van der Waals surface area contributed by atoms with E-state index in [0.29, 0.717) is 17.4 Å². The molecule has 8 nitrogen and oxygen atoms in total. The molecule has 72 heavy (non-hydrogen) atoms. The summed E-state index contributed by atoms with van der Waals surface area (Å²) in [6.45, 7) is 4.65. The summed E-state index contributed by atoms with van der Waals surface area (Å²) in [4.78, 5) is 25.5. The molecule has 0 bridgehead atoms. The summed E-state index contributed by atoms with van der Waals surface area (Å²) in [6, 6.07) is -0.899. The average Bonchev–Trinajstić information content (AvgIpc) is 3.34. The molecular formula is C63H125N2O6P. The molecule has 0 saturated heterocycles. The summed E-state index contributed by atoms with van der Waals surface area (Å²) in [5.74, 6) is -0.202. The number of quaternary nitrogens is 1. The topological polar surface area (TPSA) is 108 Å². The lowest BCUT2D eigenvalue weighted by molar-refractivity contribution is -0.870. The van der Waals surface area contributed by atoms with Crippen molar-refractivity contribution < 1.29 is 32.9 Å². The molecule has 0 spiro atoms. The predicted molar refractivity (Wildman–Crippen MR) is 312 cm³/mol. The molecule has 3 atom stereocenters. The Morgan fingerprint density at radius 1 is 0.472 bits per heavy atom. The van der Waals surface area contributed by atoms with E-state index in [0.717, 1.165) is 38.5 Å². The van der Waals surface area contributed by atoms with Crippen LogP contribution in [0.15, 0.2) is 24.3 Å². The molecule has 0 radical (unpaired) electrons. The van der Waals surface area contributed by atoms with Crippen LogP contribution in [0.4, 0.5) is 0 Å². The van der Waals surface area contributed by atoms with E-state index in [9.17, 15) is 19.4 Å². The number of nitrogens with zero attached hydrogens (tertiary/aromatic N) is 1. The van der Waals surface area contributed by atoms with Crippen molar-refractivity contribution in [2.75, 3.05) is 40.9 Å². The maximum Gasteiger partial charge on any atom is 0.268 e. The van der Waals surface area contributed by atoms with Crippen molar-refractivity contribution in [2.24, 2.45) is 0 Å². The number of amides is 1. The van der Waals surface area contributed by atoms with Crippen molar-refractivity contribution in [3.63, 3.8) is 0 Å². The van der Waals surface area contributed by atoms with Gasteiger partial charge in [-0.25, -0.2) is 0 Å². The van der Waals surface area contributed by atoms with Gasteiger partial charge in [0.1, 0.15) is 13.2 Å². The van der Waals surface area contributed by atoms with E-state index in [2.05, 4.69) is 31.3 Å². The number of phosphoric acid groups is 1. The minimum atomic E-state index is -4.60. The van der Waals surface area contributed by atoms with Crippen LogP contribution in [0.1, 0.15) is 322 Å². The molecule has 0 aliphatic heterocycles. The summed E-state index contributed by atoms with van der Waals surface area (Å²) < 4.78 is 23.3.